The summed E-state index contributed by atoms with van der Waals surface area (Å²) in [6, 6.07) is 8.24. The van der Waals surface area contributed by atoms with Gasteiger partial charge < -0.3 is 10.2 Å². The molecule has 1 aromatic carbocycles. The molecule has 2 aliphatic rings. The summed E-state index contributed by atoms with van der Waals surface area (Å²) in [6.45, 7) is 1.31. The van der Waals surface area contributed by atoms with E-state index in [1.807, 2.05) is 4.90 Å². The van der Waals surface area contributed by atoms with Crippen LogP contribution in [-0.4, -0.2) is 41.6 Å². The average Bonchev–Trinajstić information content (AvgIpc) is 2.95. The Morgan fingerprint density at radius 3 is 2.50 bits per heavy atom. The van der Waals surface area contributed by atoms with E-state index < -0.39 is 11.7 Å². The van der Waals surface area contributed by atoms with E-state index in [2.05, 4.69) is 5.32 Å². The maximum absolute atomic E-state index is 12.2. The number of carbonyl (C=O) groups is 3. The number of amides is 2. The lowest BCUT2D eigenvalue weighted by atomic mass is 9.89. The van der Waals surface area contributed by atoms with E-state index in [4.69, 9.17) is 0 Å². The van der Waals surface area contributed by atoms with Crippen molar-refractivity contribution in [3.63, 3.8) is 0 Å². The van der Waals surface area contributed by atoms with Gasteiger partial charge >= 0.3 is 0 Å². The third-order valence-corrected chi connectivity index (χ3v) is 5.00. The number of ketones is 1. The van der Waals surface area contributed by atoms with Gasteiger partial charge in [0, 0.05) is 25.1 Å². The van der Waals surface area contributed by atoms with E-state index in [1.54, 1.807) is 30.3 Å². The van der Waals surface area contributed by atoms with E-state index >= 15 is 0 Å². The highest BCUT2D eigenvalue weighted by atomic mass is 16.2. The number of carbonyl (C=O) groups excluding carboxylic acids is 3. The molecule has 1 aliphatic carbocycles. The highest BCUT2D eigenvalue weighted by Gasteiger charge is 2.33. The topological polar surface area (TPSA) is 66.5 Å². The number of benzene rings is 1. The molecule has 1 aliphatic heterocycles. The Bertz CT molecular complexity index is 608. The van der Waals surface area contributed by atoms with Crippen molar-refractivity contribution in [2.75, 3.05) is 13.1 Å². The Morgan fingerprint density at radius 1 is 1.08 bits per heavy atom. The number of nitrogens with one attached hydrogen (secondary N) is 1. The molecule has 0 bridgehead atoms. The molecule has 0 unspecified atom stereocenters. The molecule has 1 saturated heterocycles. The third-order valence-electron chi connectivity index (χ3n) is 5.00. The van der Waals surface area contributed by atoms with Crippen LogP contribution < -0.4 is 5.32 Å². The van der Waals surface area contributed by atoms with Crippen LogP contribution in [0.15, 0.2) is 30.3 Å². The fourth-order valence-corrected chi connectivity index (χ4v) is 3.70. The van der Waals surface area contributed by atoms with Crippen molar-refractivity contribution in [1.29, 1.82) is 0 Å². The first-order valence-electron chi connectivity index (χ1n) is 8.81. The maximum atomic E-state index is 12.2. The molecule has 0 radical (unpaired) electrons. The van der Waals surface area contributed by atoms with Crippen LogP contribution in [0.3, 0.4) is 0 Å². The standard InChI is InChI=1S/C19H24N2O3/c22-17-11-16(13-21(17)12-14-7-3-1-4-8-14)20-19(24)18(23)15-9-5-2-6-10-15/h2,5-6,9-10,14,16H,1,3-4,7-8,11-13H2,(H,20,24)/t16-/m0/s1. The SMILES string of the molecule is O=C(N[C@H]1CC(=O)N(CC2CCCCC2)C1)C(=O)c1ccccc1. The van der Waals surface area contributed by atoms with Crippen molar-refractivity contribution < 1.29 is 14.4 Å². The number of hydrogen-bond acceptors (Lipinski definition) is 3. The van der Waals surface area contributed by atoms with E-state index in [0.717, 1.165) is 6.54 Å². The molecule has 1 heterocycles. The number of Topliss-reactive ketones (excluding diaryl/α,β-unsaturated/α-hetero) is 1. The summed E-state index contributed by atoms with van der Waals surface area (Å²) in [4.78, 5) is 38.2. The smallest absolute Gasteiger partial charge is 0.292 e. The monoisotopic (exact) mass is 328 g/mol. The zero-order valence-electron chi connectivity index (χ0n) is 13.9. The number of rotatable bonds is 5. The molecule has 2 fully saturated rings. The highest BCUT2D eigenvalue weighted by molar-refractivity contribution is 6.42. The maximum Gasteiger partial charge on any atom is 0.292 e. The van der Waals surface area contributed by atoms with Crippen LogP contribution in [0.5, 0.6) is 0 Å². The lowest BCUT2D eigenvalue weighted by Crippen LogP contribution is -2.41. The van der Waals surface area contributed by atoms with Gasteiger partial charge in [-0.05, 0) is 18.8 Å². The summed E-state index contributed by atoms with van der Waals surface area (Å²) in [7, 11) is 0. The fourth-order valence-electron chi connectivity index (χ4n) is 3.70. The molecule has 5 heteroatoms. The molecule has 1 N–H and O–H groups in total. The molecular weight excluding hydrogens is 304 g/mol. The van der Waals surface area contributed by atoms with Crippen molar-refractivity contribution in [3.05, 3.63) is 35.9 Å². The van der Waals surface area contributed by atoms with Crippen LogP contribution in [0, 0.1) is 5.92 Å². The van der Waals surface area contributed by atoms with Crippen molar-refractivity contribution in [3.8, 4) is 0 Å². The summed E-state index contributed by atoms with van der Waals surface area (Å²) in [6.07, 6.45) is 6.46. The Morgan fingerprint density at radius 2 is 1.79 bits per heavy atom. The molecule has 1 saturated carbocycles. The number of hydrogen-bond donors (Lipinski definition) is 1. The molecule has 128 valence electrons. The number of likely N-dealkylation sites (tertiary alicyclic amines) is 1. The summed E-state index contributed by atoms with van der Waals surface area (Å²) in [5, 5.41) is 2.72. The second-order valence-corrected chi connectivity index (χ2v) is 6.87. The first kappa shape index (κ1) is 16.7. The predicted molar refractivity (Wildman–Crippen MR) is 90.5 cm³/mol. The van der Waals surface area contributed by atoms with Gasteiger partial charge in [0.15, 0.2) is 0 Å². The highest BCUT2D eigenvalue weighted by Crippen LogP contribution is 2.26. The third kappa shape index (κ3) is 4.02. The summed E-state index contributed by atoms with van der Waals surface area (Å²) in [5.74, 6) is -0.506. The number of nitrogens with zero attached hydrogens (tertiary/aromatic N) is 1. The van der Waals surface area contributed by atoms with E-state index in [0.29, 0.717) is 24.4 Å². The fraction of sp³-hybridized carbons (Fsp3) is 0.526. The molecule has 0 aromatic heterocycles. The van der Waals surface area contributed by atoms with E-state index in [1.165, 1.54) is 32.1 Å². The zero-order chi connectivity index (χ0) is 16.9. The van der Waals surface area contributed by atoms with Crippen molar-refractivity contribution in [1.82, 2.24) is 10.2 Å². The van der Waals surface area contributed by atoms with Gasteiger partial charge in [0.05, 0.1) is 6.04 Å². The quantitative estimate of drug-likeness (QED) is 0.665. The first-order valence-corrected chi connectivity index (χ1v) is 8.81. The predicted octanol–water partition coefficient (Wildman–Crippen LogP) is 2.17. The van der Waals surface area contributed by atoms with Gasteiger partial charge in [-0.25, -0.2) is 0 Å². The zero-order valence-corrected chi connectivity index (χ0v) is 13.9. The largest absolute Gasteiger partial charge is 0.344 e. The van der Waals surface area contributed by atoms with Gasteiger partial charge in [-0.1, -0.05) is 49.6 Å². The summed E-state index contributed by atoms with van der Waals surface area (Å²) in [5.41, 5.74) is 0.374. The van der Waals surface area contributed by atoms with Crippen LogP contribution in [0.2, 0.25) is 0 Å². The van der Waals surface area contributed by atoms with Crippen LogP contribution >= 0.6 is 0 Å². The van der Waals surface area contributed by atoms with Gasteiger partial charge in [0.2, 0.25) is 11.7 Å². The van der Waals surface area contributed by atoms with Crippen LogP contribution in [0.4, 0.5) is 0 Å². The lowest BCUT2D eigenvalue weighted by Gasteiger charge is -2.27. The molecule has 5 nitrogen and oxygen atoms in total. The van der Waals surface area contributed by atoms with Crippen molar-refractivity contribution in [2.45, 2.75) is 44.6 Å². The van der Waals surface area contributed by atoms with Gasteiger partial charge in [-0.15, -0.1) is 0 Å². The summed E-state index contributed by atoms with van der Waals surface area (Å²) < 4.78 is 0. The van der Waals surface area contributed by atoms with Gasteiger partial charge in [-0.2, -0.15) is 0 Å². The van der Waals surface area contributed by atoms with Gasteiger partial charge in [0.1, 0.15) is 0 Å². The normalized spacial score (nSPS) is 21.8. The molecular formula is C19H24N2O3. The summed E-state index contributed by atoms with van der Waals surface area (Å²) >= 11 is 0. The first-order chi connectivity index (χ1) is 11.6. The Kier molecular flexibility index (Phi) is 5.28. The Balaban J connectivity index is 1.52. The Labute approximate surface area is 142 Å². The molecule has 3 rings (SSSR count). The molecule has 1 atom stereocenters. The minimum Gasteiger partial charge on any atom is -0.344 e. The van der Waals surface area contributed by atoms with Crippen LogP contribution in [-0.2, 0) is 9.59 Å². The van der Waals surface area contributed by atoms with Crippen molar-refractivity contribution >= 4 is 17.6 Å². The van der Waals surface area contributed by atoms with E-state index in [-0.39, 0.29) is 11.9 Å². The second kappa shape index (κ2) is 7.60. The van der Waals surface area contributed by atoms with Crippen molar-refractivity contribution in [2.24, 2.45) is 5.92 Å². The molecule has 2 amide bonds. The van der Waals surface area contributed by atoms with Crippen LogP contribution in [0.25, 0.3) is 0 Å². The van der Waals surface area contributed by atoms with Gasteiger partial charge in [0.25, 0.3) is 5.91 Å². The Hall–Kier alpha value is -2.17. The van der Waals surface area contributed by atoms with Gasteiger partial charge in [-0.3, -0.25) is 14.4 Å². The average molecular weight is 328 g/mol. The molecule has 1 aromatic rings. The van der Waals surface area contributed by atoms with E-state index in [9.17, 15) is 14.4 Å². The minimum atomic E-state index is -0.626. The molecule has 0 spiro atoms. The minimum absolute atomic E-state index is 0.0815. The second-order valence-electron chi connectivity index (χ2n) is 6.87. The molecule has 24 heavy (non-hydrogen) atoms. The van der Waals surface area contributed by atoms with Crippen LogP contribution in [0.1, 0.15) is 48.9 Å². The lowest BCUT2D eigenvalue weighted by molar-refractivity contribution is -0.128.